The predicted molar refractivity (Wildman–Crippen MR) is 77.5 cm³/mol. The highest BCUT2D eigenvalue weighted by molar-refractivity contribution is 7.98. The van der Waals surface area contributed by atoms with Gasteiger partial charge in [0.25, 0.3) is 5.56 Å². The molecule has 1 aliphatic carbocycles. The summed E-state index contributed by atoms with van der Waals surface area (Å²) in [5.41, 5.74) is 7.00. The average molecular weight is 276 g/mol. The van der Waals surface area contributed by atoms with Gasteiger partial charge < -0.3 is 5.73 Å². The van der Waals surface area contributed by atoms with Crippen LogP contribution in [0.4, 0.5) is 5.69 Å². The lowest BCUT2D eigenvalue weighted by atomic mass is 10.2. The maximum atomic E-state index is 12.3. The molecule has 0 spiro atoms. The Morgan fingerprint density at radius 2 is 2.16 bits per heavy atom. The molecule has 1 saturated carbocycles. The summed E-state index contributed by atoms with van der Waals surface area (Å²) in [7, 11) is 0. The smallest absolute Gasteiger partial charge is 0.254 e. The van der Waals surface area contributed by atoms with Gasteiger partial charge in [-0.05, 0) is 19.1 Å². The first-order chi connectivity index (χ1) is 9.20. The van der Waals surface area contributed by atoms with Crippen LogP contribution in [0.25, 0.3) is 11.0 Å². The Kier molecular flexibility index (Phi) is 3.18. The average Bonchev–Trinajstić information content (AvgIpc) is 2.92. The van der Waals surface area contributed by atoms with E-state index in [9.17, 15) is 4.79 Å². The SMILES string of the molecule is CSc1ncc2c(N)cc(=O)n(C3CCCC3)c2n1. The van der Waals surface area contributed by atoms with Crippen molar-refractivity contribution in [1.29, 1.82) is 0 Å². The number of rotatable bonds is 2. The standard InChI is InChI=1S/C13H16N4OS/c1-19-13-15-7-9-10(14)6-11(18)17(12(9)16-13)8-4-2-3-5-8/h6-8H,2-5,14H2,1H3. The number of hydrogen-bond acceptors (Lipinski definition) is 5. The van der Waals surface area contributed by atoms with Crippen molar-refractivity contribution >= 4 is 28.5 Å². The maximum Gasteiger partial charge on any atom is 0.254 e. The van der Waals surface area contributed by atoms with Gasteiger partial charge in [0.2, 0.25) is 0 Å². The van der Waals surface area contributed by atoms with Gasteiger partial charge in [-0.15, -0.1) is 0 Å². The first-order valence-corrected chi connectivity index (χ1v) is 7.65. The van der Waals surface area contributed by atoms with Gasteiger partial charge in [0.15, 0.2) is 5.16 Å². The molecule has 1 fully saturated rings. The Labute approximate surface area is 115 Å². The quantitative estimate of drug-likeness (QED) is 0.672. The molecule has 0 saturated heterocycles. The van der Waals surface area contributed by atoms with Crippen molar-refractivity contribution in [3.8, 4) is 0 Å². The molecule has 2 heterocycles. The fourth-order valence-corrected chi connectivity index (χ4v) is 3.08. The Morgan fingerprint density at radius 1 is 1.42 bits per heavy atom. The number of nitrogen functional groups attached to an aromatic ring is 1. The Balaban J connectivity index is 2.31. The molecule has 2 N–H and O–H groups in total. The number of nitrogens with two attached hydrogens (primary N) is 1. The van der Waals surface area contributed by atoms with Crippen LogP contribution >= 0.6 is 11.8 Å². The van der Waals surface area contributed by atoms with Gasteiger partial charge in [-0.1, -0.05) is 24.6 Å². The van der Waals surface area contributed by atoms with E-state index in [1.807, 2.05) is 6.26 Å². The van der Waals surface area contributed by atoms with Gasteiger partial charge in [0.1, 0.15) is 5.65 Å². The van der Waals surface area contributed by atoms with Gasteiger partial charge in [0, 0.05) is 24.0 Å². The molecule has 0 aromatic carbocycles. The number of anilines is 1. The van der Waals surface area contributed by atoms with Crippen LogP contribution in [-0.2, 0) is 0 Å². The summed E-state index contributed by atoms with van der Waals surface area (Å²) in [5, 5.41) is 1.44. The van der Waals surface area contributed by atoms with E-state index in [0.29, 0.717) is 16.5 Å². The molecule has 0 aliphatic heterocycles. The molecule has 2 aromatic heterocycles. The zero-order valence-corrected chi connectivity index (χ0v) is 11.6. The second-order valence-corrected chi connectivity index (χ2v) is 5.61. The minimum absolute atomic E-state index is 0.0531. The van der Waals surface area contributed by atoms with Crippen molar-refractivity contribution in [2.24, 2.45) is 0 Å². The van der Waals surface area contributed by atoms with Gasteiger partial charge in [0.05, 0.1) is 5.39 Å². The van der Waals surface area contributed by atoms with Gasteiger partial charge >= 0.3 is 0 Å². The number of thioether (sulfide) groups is 1. The van der Waals surface area contributed by atoms with Crippen molar-refractivity contribution in [3.05, 3.63) is 22.6 Å². The third kappa shape index (κ3) is 2.10. The molecule has 5 nitrogen and oxygen atoms in total. The third-order valence-electron chi connectivity index (χ3n) is 3.67. The van der Waals surface area contributed by atoms with E-state index in [2.05, 4.69) is 9.97 Å². The largest absolute Gasteiger partial charge is 0.398 e. The second-order valence-electron chi connectivity index (χ2n) is 4.84. The first kappa shape index (κ1) is 12.5. The van der Waals surface area contributed by atoms with E-state index in [4.69, 9.17) is 5.73 Å². The third-order valence-corrected chi connectivity index (χ3v) is 4.24. The van der Waals surface area contributed by atoms with Crippen LogP contribution in [-0.4, -0.2) is 20.8 Å². The maximum absolute atomic E-state index is 12.3. The van der Waals surface area contributed by atoms with E-state index in [1.54, 1.807) is 10.8 Å². The van der Waals surface area contributed by atoms with E-state index < -0.39 is 0 Å². The lowest BCUT2D eigenvalue weighted by Crippen LogP contribution is -2.24. The molecule has 0 unspecified atom stereocenters. The molecule has 100 valence electrons. The van der Waals surface area contributed by atoms with Crippen molar-refractivity contribution in [2.75, 3.05) is 12.0 Å². The van der Waals surface area contributed by atoms with Gasteiger partial charge in [-0.2, -0.15) is 0 Å². The fraction of sp³-hybridized carbons (Fsp3) is 0.462. The Hall–Kier alpha value is -1.56. The summed E-state index contributed by atoms with van der Waals surface area (Å²) in [6.07, 6.45) is 8.06. The molecule has 2 aromatic rings. The van der Waals surface area contributed by atoms with Crippen molar-refractivity contribution in [1.82, 2.24) is 14.5 Å². The van der Waals surface area contributed by atoms with Crippen molar-refractivity contribution in [3.63, 3.8) is 0 Å². The minimum atomic E-state index is -0.0531. The number of nitrogens with zero attached hydrogens (tertiary/aromatic N) is 3. The van der Waals surface area contributed by atoms with Crippen LogP contribution in [0, 0.1) is 0 Å². The summed E-state index contributed by atoms with van der Waals surface area (Å²) < 4.78 is 1.81. The van der Waals surface area contributed by atoms with Crippen LogP contribution in [0.5, 0.6) is 0 Å². The van der Waals surface area contributed by atoms with Crippen molar-refractivity contribution < 1.29 is 0 Å². The lowest BCUT2D eigenvalue weighted by molar-refractivity contribution is 0.514. The molecule has 1 aliphatic rings. The molecule has 3 rings (SSSR count). The van der Waals surface area contributed by atoms with Crippen LogP contribution in [0.2, 0.25) is 0 Å². The highest BCUT2D eigenvalue weighted by Crippen LogP contribution is 2.31. The molecule has 0 radical (unpaired) electrons. The Bertz CT molecular complexity index is 676. The van der Waals surface area contributed by atoms with E-state index in [0.717, 1.165) is 18.2 Å². The molecule has 0 amide bonds. The number of aromatic nitrogens is 3. The number of pyridine rings is 1. The summed E-state index contributed by atoms with van der Waals surface area (Å²) in [4.78, 5) is 21.0. The van der Waals surface area contributed by atoms with E-state index in [1.165, 1.54) is 30.7 Å². The summed E-state index contributed by atoms with van der Waals surface area (Å²) in [5.74, 6) is 0. The monoisotopic (exact) mass is 276 g/mol. The summed E-state index contributed by atoms with van der Waals surface area (Å²) in [6.45, 7) is 0. The van der Waals surface area contributed by atoms with Gasteiger partial charge in [-0.3, -0.25) is 9.36 Å². The highest BCUT2D eigenvalue weighted by atomic mass is 32.2. The molecule has 0 bridgehead atoms. The minimum Gasteiger partial charge on any atom is -0.398 e. The van der Waals surface area contributed by atoms with Crippen LogP contribution in [0.3, 0.4) is 0 Å². The highest BCUT2D eigenvalue weighted by Gasteiger charge is 2.21. The topological polar surface area (TPSA) is 73.8 Å². The molecule has 0 atom stereocenters. The lowest BCUT2D eigenvalue weighted by Gasteiger charge is -2.16. The molecule has 6 heteroatoms. The molecule has 19 heavy (non-hydrogen) atoms. The van der Waals surface area contributed by atoms with Crippen molar-refractivity contribution in [2.45, 2.75) is 36.9 Å². The predicted octanol–water partition coefficient (Wildman–Crippen LogP) is 2.21. The summed E-state index contributed by atoms with van der Waals surface area (Å²) in [6, 6.07) is 1.74. The molecular weight excluding hydrogens is 260 g/mol. The van der Waals surface area contributed by atoms with E-state index >= 15 is 0 Å². The number of hydrogen-bond donors (Lipinski definition) is 1. The normalized spacial score (nSPS) is 16.3. The Morgan fingerprint density at radius 3 is 2.84 bits per heavy atom. The van der Waals surface area contributed by atoms with Crippen LogP contribution in [0.15, 0.2) is 22.2 Å². The van der Waals surface area contributed by atoms with Crippen LogP contribution in [0.1, 0.15) is 31.7 Å². The summed E-state index contributed by atoms with van der Waals surface area (Å²) >= 11 is 1.47. The first-order valence-electron chi connectivity index (χ1n) is 6.42. The second kappa shape index (κ2) is 4.85. The zero-order valence-electron chi connectivity index (χ0n) is 10.8. The zero-order chi connectivity index (χ0) is 13.4. The fourth-order valence-electron chi connectivity index (χ4n) is 2.74. The van der Waals surface area contributed by atoms with Crippen LogP contribution < -0.4 is 11.3 Å². The molecular formula is C13H16N4OS. The number of fused-ring (bicyclic) bond motifs is 1. The van der Waals surface area contributed by atoms with E-state index in [-0.39, 0.29) is 11.6 Å². The van der Waals surface area contributed by atoms with Gasteiger partial charge in [-0.25, -0.2) is 9.97 Å².